The molecule has 0 aromatic carbocycles. The Balaban J connectivity index is 2.53. The van der Waals surface area contributed by atoms with Gasteiger partial charge in [-0.25, -0.2) is 9.78 Å². The van der Waals surface area contributed by atoms with Crippen molar-refractivity contribution in [1.82, 2.24) is 9.97 Å². The maximum Gasteiger partial charge on any atom is 0.330 e. The molecule has 0 saturated carbocycles. The van der Waals surface area contributed by atoms with E-state index in [1.165, 1.54) is 6.08 Å². The van der Waals surface area contributed by atoms with Crippen molar-refractivity contribution in [2.24, 2.45) is 0 Å². The molecule has 0 bridgehead atoms. The van der Waals surface area contributed by atoms with E-state index in [0.717, 1.165) is 11.5 Å². The van der Waals surface area contributed by atoms with Crippen molar-refractivity contribution in [3.63, 3.8) is 0 Å². The van der Waals surface area contributed by atoms with Gasteiger partial charge in [-0.15, -0.1) is 0 Å². The van der Waals surface area contributed by atoms with Crippen LogP contribution in [0.25, 0.3) is 6.08 Å². The number of hydrogen-bond donors (Lipinski definition) is 1. The Morgan fingerprint density at radius 1 is 1.77 bits per heavy atom. The second-order valence-electron chi connectivity index (χ2n) is 2.51. The largest absolute Gasteiger partial charge is 0.463 e. The maximum atomic E-state index is 10.9. The van der Waals surface area contributed by atoms with Gasteiger partial charge >= 0.3 is 5.97 Å². The summed E-state index contributed by atoms with van der Waals surface area (Å²) in [5, 5.41) is 0. The van der Waals surface area contributed by atoms with E-state index in [1.54, 1.807) is 19.2 Å². The van der Waals surface area contributed by atoms with Gasteiger partial charge in [-0.1, -0.05) is 0 Å². The quantitative estimate of drug-likeness (QED) is 0.563. The molecular formula is C9H12N2O2. The smallest absolute Gasteiger partial charge is 0.330 e. The molecule has 4 nitrogen and oxygen atoms in total. The Morgan fingerprint density at radius 2 is 2.54 bits per heavy atom. The highest BCUT2D eigenvalue weighted by atomic mass is 16.5. The molecule has 0 aliphatic heterocycles. The number of aromatic nitrogens is 2. The van der Waals surface area contributed by atoms with Crippen LogP contribution < -0.4 is 0 Å². The van der Waals surface area contributed by atoms with Gasteiger partial charge < -0.3 is 9.72 Å². The van der Waals surface area contributed by atoms with Crippen molar-refractivity contribution in [3.8, 4) is 0 Å². The number of carbonyl (C=O) groups excluding carboxylic acids is 1. The molecule has 0 spiro atoms. The normalized spacial score (nSPS) is 10.6. The van der Waals surface area contributed by atoms with Crippen LogP contribution in [0.2, 0.25) is 0 Å². The van der Waals surface area contributed by atoms with Crippen LogP contribution in [0.3, 0.4) is 0 Å². The zero-order valence-corrected chi connectivity index (χ0v) is 7.70. The number of nitrogens with one attached hydrogen (secondary N) is 1. The summed E-state index contributed by atoms with van der Waals surface area (Å²) in [6, 6.07) is 0. The van der Waals surface area contributed by atoms with Gasteiger partial charge in [0.05, 0.1) is 18.5 Å². The summed E-state index contributed by atoms with van der Waals surface area (Å²) in [6.45, 7) is 4.01. The molecular weight excluding hydrogens is 168 g/mol. The molecule has 13 heavy (non-hydrogen) atoms. The predicted octanol–water partition coefficient (Wildman–Crippen LogP) is 1.29. The minimum absolute atomic E-state index is 0.338. The van der Waals surface area contributed by atoms with Crippen LogP contribution in [-0.4, -0.2) is 22.5 Å². The lowest BCUT2D eigenvalue weighted by Gasteiger charge is -1.93. The number of esters is 1. The zero-order chi connectivity index (χ0) is 9.68. The number of aromatic amines is 1. The van der Waals surface area contributed by atoms with Crippen molar-refractivity contribution in [1.29, 1.82) is 0 Å². The topological polar surface area (TPSA) is 55.0 Å². The molecule has 0 atom stereocenters. The first-order valence-electron chi connectivity index (χ1n) is 4.09. The minimum atomic E-state index is -0.338. The highest BCUT2D eigenvalue weighted by Crippen LogP contribution is 1.98. The van der Waals surface area contributed by atoms with Crippen LogP contribution >= 0.6 is 0 Å². The standard InChI is InChI=1S/C9H12N2O2/c1-3-13-9(12)5-4-8-6-10-7(2)11-8/h4-6H,3H2,1-2H3,(H,10,11). The summed E-state index contributed by atoms with van der Waals surface area (Å²) in [5.41, 5.74) is 0.797. The fourth-order valence-corrected chi connectivity index (χ4v) is 0.873. The summed E-state index contributed by atoms with van der Waals surface area (Å²) >= 11 is 0. The number of imidazole rings is 1. The fourth-order valence-electron chi connectivity index (χ4n) is 0.873. The van der Waals surface area contributed by atoms with Gasteiger partial charge in [0.2, 0.25) is 0 Å². The minimum Gasteiger partial charge on any atom is -0.463 e. The molecule has 1 rings (SSSR count). The van der Waals surface area contributed by atoms with Crippen molar-refractivity contribution in [2.45, 2.75) is 13.8 Å². The monoisotopic (exact) mass is 180 g/mol. The number of carbonyl (C=O) groups is 1. The molecule has 4 heteroatoms. The second-order valence-corrected chi connectivity index (χ2v) is 2.51. The van der Waals surface area contributed by atoms with Gasteiger partial charge in [0.25, 0.3) is 0 Å². The number of hydrogen-bond acceptors (Lipinski definition) is 3. The Hall–Kier alpha value is -1.58. The van der Waals surface area contributed by atoms with E-state index in [1.807, 2.05) is 6.92 Å². The van der Waals surface area contributed by atoms with Crippen molar-refractivity contribution >= 4 is 12.0 Å². The SMILES string of the molecule is CCOC(=O)C=Cc1cnc(C)[nH]1. The third kappa shape index (κ3) is 3.11. The van der Waals surface area contributed by atoms with Gasteiger partial charge in [-0.05, 0) is 19.9 Å². The maximum absolute atomic E-state index is 10.9. The molecule has 0 aliphatic rings. The molecule has 0 radical (unpaired) electrons. The first-order valence-corrected chi connectivity index (χ1v) is 4.09. The Kier molecular flexibility index (Phi) is 3.25. The molecule has 1 aromatic heterocycles. The van der Waals surface area contributed by atoms with E-state index in [-0.39, 0.29) is 5.97 Å². The second kappa shape index (κ2) is 4.45. The average Bonchev–Trinajstić information content (AvgIpc) is 2.49. The highest BCUT2D eigenvalue weighted by Gasteiger charge is 1.95. The van der Waals surface area contributed by atoms with E-state index >= 15 is 0 Å². The first-order chi connectivity index (χ1) is 6.22. The molecule has 0 amide bonds. The lowest BCUT2D eigenvalue weighted by atomic mass is 10.4. The van der Waals surface area contributed by atoms with Gasteiger partial charge in [-0.3, -0.25) is 0 Å². The van der Waals surface area contributed by atoms with Crippen LogP contribution in [0.5, 0.6) is 0 Å². The number of H-pyrrole nitrogens is 1. The van der Waals surface area contributed by atoms with E-state index in [9.17, 15) is 4.79 Å². The van der Waals surface area contributed by atoms with Crippen molar-refractivity contribution < 1.29 is 9.53 Å². The molecule has 1 N–H and O–H groups in total. The average molecular weight is 180 g/mol. The summed E-state index contributed by atoms with van der Waals surface area (Å²) in [6.07, 6.45) is 4.67. The van der Waals surface area contributed by atoms with Gasteiger partial charge in [-0.2, -0.15) is 0 Å². The summed E-state index contributed by atoms with van der Waals surface area (Å²) < 4.78 is 4.71. The Bertz CT molecular complexity index is 315. The first kappa shape index (κ1) is 9.51. The molecule has 1 heterocycles. The number of aryl methyl sites for hydroxylation is 1. The van der Waals surface area contributed by atoms with Gasteiger partial charge in [0.15, 0.2) is 0 Å². The summed E-state index contributed by atoms with van der Waals surface area (Å²) in [4.78, 5) is 17.8. The highest BCUT2D eigenvalue weighted by molar-refractivity contribution is 5.86. The molecule has 70 valence electrons. The fraction of sp³-hybridized carbons (Fsp3) is 0.333. The lowest BCUT2D eigenvalue weighted by Crippen LogP contribution is -1.98. The van der Waals surface area contributed by atoms with Crippen LogP contribution in [0.1, 0.15) is 18.4 Å². The van der Waals surface area contributed by atoms with Crippen molar-refractivity contribution in [3.05, 3.63) is 23.8 Å². The summed E-state index contributed by atoms with van der Waals surface area (Å²) in [7, 11) is 0. The van der Waals surface area contributed by atoms with Gasteiger partial charge in [0, 0.05) is 6.08 Å². The van der Waals surface area contributed by atoms with E-state index < -0.39 is 0 Å². The van der Waals surface area contributed by atoms with Crippen LogP contribution in [0.15, 0.2) is 12.3 Å². The Morgan fingerprint density at radius 3 is 3.08 bits per heavy atom. The van der Waals surface area contributed by atoms with Gasteiger partial charge in [0.1, 0.15) is 5.82 Å². The van der Waals surface area contributed by atoms with E-state index in [4.69, 9.17) is 4.74 Å². The number of ether oxygens (including phenoxy) is 1. The summed E-state index contributed by atoms with van der Waals surface area (Å²) in [5.74, 6) is 0.485. The van der Waals surface area contributed by atoms with Crippen molar-refractivity contribution in [2.75, 3.05) is 6.61 Å². The van der Waals surface area contributed by atoms with Crippen LogP contribution in [0, 0.1) is 6.92 Å². The number of nitrogens with zero attached hydrogens (tertiary/aromatic N) is 1. The molecule has 0 fully saturated rings. The van der Waals surface area contributed by atoms with Crippen LogP contribution in [0.4, 0.5) is 0 Å². The van der Waals surface area contributed by atoms with E-state index in [2.05, 4.69) is 9.97 Å². The third-order valence-corrected chi connectivity index (χ3v) is 1.41. The predicted molar refractivity (Wildman–Crippen MR) is 49.0 cm³/mol. The molecule has 0 saturated heterocycles. The van der Waals surface area contributed by atoms with Crippen LogP contribution in [-0.2, 0) is 9.53 Å². The molecule has 0 unspecified atom stereocenters. The zero-order valence-electron chi connectivity index (χ0n) is 7.70. The third-order valence-electron chi connectivity index (χ3n) is 1.41. The molecule has 1 aromatic rings. The van der Waals surface area contributed by atoms with E-state index in [0.29, 0.717) is 6.61 Å². The number of rotatable bonds is 3. The molecule has 0 aliphatic carbocycles. The Labute approximate surface area is 76.6 Å². The lowest BCUT2D eigenvalue weighted by molar-refractivity contribution is -0.137.